The van der Waals surface area contributed by atoms with Gasteiger partial charge in [0, 0.05) is 0 Å². The predicted octanol–water partition coefficient (Wildman–Crippen LogP) is 4.20. The van der Waals surface area contributed by atoms with Gasteiger partial charge in [0.15, 0.2) is 0 Å². The van der Waals surface area contributed by atoms with E-state index < -0.39 is 12.0 Å². The van der Waals surface area contributed by atoms with Crippen molar-refractivity contribution in [2.45, 2.75) is 11.1 Å². The molecule has 0 unspecified atom stereocenters. The number of halogens is 1. The molecule has 4 rings (SSSR count). The monoisotopic (exact) mass is 442 g/mol. The Morgan fingerprint density at radius 1 is 0.667 bits per heavy atom. The van der Waals surface area contributed by atoms with Gasteiger partial charge in [-0.15, -0.1) is 0 Å². The number of hydrogen-bond acceptors (Lipinski definition) is 2. The second-order valence-corrected chi connectivity index (χ2v) is 12.1. The van der Waals surface area contributed by atoms with Crippen molar-refractivity contribution in [3.63, 3.8) is 0 Å². The van der Waals surface area contributed by atoms with Gasteiger partial charge in [-0.2, -0.15) is 0 Å². The molecule has 0 radical (unpaired) electrons. The second-order valence-electron chi connectivity index (χ2n) is 6.86. The number of alkyl halides is 1. The molecular weight excluding hydrogens is 419 g/mol. The Bertz CT molecular complexity index is 753. The van der Waals surface area contributed by atoms with Crippen LogP contribution in [0.15, 0.2) is 91.0 Å². The van der Waals surface area contributed by atoms with E-state index in [-0.39, 0.29) is 0 Å². The van der Waals surface area contributed by atoms with E-state index in [2.05, 4.69) is 107 Å². The van der Waals surface area contributed by atoms with Crippen LogP contribution in [-0.2, 0) is 9.47 Å². The molecule has 2 nitrogen and oxygen atoms in total. The van der Waals surface area contributed by atoms with Crippen LogP contribution in [0.3, 0.4) is 0 Å². The van der Waals surface area contributed by atoms with Crippen molar-refractivity contribution in [2.24, 2.45) is 0 Å². The molecule has 140 valence electrons. The van der Waals surface area contributed by atoms with Gasteiger partial charge in [-0.3, -0.25) is 0 Å². The Morgan fingerprint density at radius 2 is 1.04 bits per heavy atom. The minimum absolute atomic E-state index is 0.641. The molecule has 1 heterocycles. The van der Waals surface area contributed by atoms with Crippen LogP contribution in [0.4, 0.5) is 0 Å². The molecule has 0 saturated carbocycles. The molecule has 3 aromatic carbocycles. The van der Waals surface area contributed by atoms with Crippen LogP contribution in [0.1, 0.15) is 6.42 Å². The van der Waals surface area contributed by atoms with Crippen LogP contribution < -0.4 is 15.9 Å². The summed E-state index contributed by atoms with van der Waals surface area (Å²) in [6.07, 6.45) is 1.80. The van der Waals surface area contributed by atoms with Gasteiger partial charge in [-0.25, -0.2) is 0 Å². The average molecular weight is 443 g/mol. The summed E-state index contributed by atoms with van der Waals surface area (Å²) in [6.45, 7) is 1.28. The van der Waals surface area contributed by atoms with Crippen molar-refractivity contribution in [2.75, 3.05) is 19.4 Å². The van der Waals surface area contributed by atoms with E-state index in [1.807, 2.05) is 0 Å². The van der Waals surface area contributed by atoms with Crippen molar-refractivity contribution >= 4 is 39.1 Å². The van der Waals surface area contributed by atoms with Gasteiger partial charge in [-0.1, -0.05) is 0 Å². The summed E-state index contributed by atoms with van der Waals surface area (Å²) in [6, 6.07) is 32.9. The molecule has 0 amide bonds. The molecule has 3 aromatic rings. The third kappa shape index (κ3) is 3.88. The minimum atomic E-state index is -2.23. The average Bonchev–Trinajstić information content (AvgIpc) is 3.18. The Hall–Kier alpha value is -1.51. The summed E-state index contributed by atoms with van der Waals surface area (Å²) in [5.41, 5.74) is 0. The van der Waals surface area contributed by atoms with Gasteiger partial charge in [0.1, 0.15) is 0 Å². The second kappa shape index (κ2) is 8.24. The summed E-state index contributed by atoms with van der Waals surface area (Å²) in [7, 11) is -2.23. The number of rotatable bonds is 6. The number of benzene rings is 3. The third-order valence-corrected chi connectivity index (χ3v) is 11.1. The van der Waals surface area contributed by atoms with Crippen LogP contribution in [0.5, 0.6) is 0 Å². The summed E-state index contributed by atoms with van der Waals surface area (Å²) >= 11 is 3.69. The summed E-state index contributed by atoms with van der Waals surface area (Å²) in [5.74, 6) is 0. The Balaban J connectivity index is 1.86. The van der Waals surface area contributed by atoms with Crippen molar-refractivity contribution in [1.82, 2.24) is 0 Å². The van der Waals surface area contributed by atoms with Gasteiger partial charge >= 0.3 is 170 Å². The van der Waals surface area contributed by atoms with Gasteiger partial charge in [0.25, 0.3) is 0 Å². The molecule has 1 saturated heterocycles. The third-order valence-electron chi connectivity index (χ3n) is 5.32. The zero-order valence-electron chi connectivity index (χ0n) is 15.2. The summed E-state index contributed by atoms with van der Waals surface area (Å²) in [4.78, 5) is 0. The molecule has 1 fully saturated rings. The molecule has 1 aliphatic rings. The first-order valence-electron chi connectivity index (χ1n) is 9.36. The van der Waals surface area contributed by atoms with Gasteiger partial charge < -0.3 is 0 Å². The van der Waals surface area contributed by atoms with E-state index in [9.17, 15) is 0 Å². The first-order valence-corrected chi connectivity index (χ1v) is 12.4. The van der Waals surface area contributed by atoms with E-state index >= 15 is 0 Å². The molecule has 0 bridgehead atoms. The topological polar surface area (TPSA) is 18.5 Å². The van der Waals surface area contributed by atoms with Crippen molar-refractivity contribution in [3.05, 3.63) is 91.0 Å². The van der Waals surface area contributed by atoms with Gasteiger partial charge in [0.05, 0.1) is 0 Å². The van der Waals surface area contributed by atoms with E-state index in [0.717, 1.165) is 12.6 Å². The van der Waals surface area contributed by atoms with Crippen LogP contribution in [0.25, 0.3) is 0 Å². The molecule has 0 atom stereocenters. The van der Waals surface area contributed by atoms with E-state index in [1.54, 1.807) is 0 Å². The van der Waals surface area contributed by atoms with Crippen molar-refractivity contribution in [1.29, 1.82) is 0 Å². The number of hydrogen-bond donors (Lipinski definition) is 0. The summed E-state index contributed by atoms with van der Waals surface area (Å²) in [5, 5.41) is 4.24. The number of ether oxygens (including phenoxy) is 2. The molecule has 27 heavy (non-hydrogen) atoms. The quantitative estimate of drug-likeness (QED) is 0.420. The predicted molar refractivity (Wildman–Crippen MR) is 120 cm³/mol. The van der Waals surface area contributed by atoms with E-state index in [1.165, 1.54) is 15.9 Å². The van der Waals surface area contributed by atoms with Crippen LogP contribution in [0, 0.1) is 0 Å². The normalized spacial score (nSPS) is 16.9. The molecule has 0 N–H and O–H groups in total. The molecule has 0 spiro atoms. The maximum atomic E-state index is 5.86. The molecule has 0 aliphatic carbocycles. The van der Waals surface area contributed by atoms with Crippen LogP contribution in [-0.4, -0.2) is 24.1 Å². The van der Waals surface area contributed by atoms with E-state index in [4.69, 9.17) is 9.47 Å². The van der Waals surface area contributed by atoms with Crippen molar-refractivity contribution in [3.8, 4) is 0 Å². The van der Waals surface area contributed by atoms with Crippen LogP contribution in [0.2, 0.25) is 0 Å². The fourth-order valence-electron chi connectivity index (χ4n) is 4.01. The molecular formula is C23H24BrO2P. The van der Waals surface area contributed by atoms with Gasteiger partial charge in [-0.05, 0) is 0 Å². The fourth-order valence-corrected chi connectivity index (χ4v) is 9.75. The van der Waals surface area contributed by atoms with Gasteiger partial charge in [0.2, 0.25) is 0 Å². The van der Waals surface area contributed by atoms with Crippen LogP contribution >= 0.6 is 23.2 Å². The van der Waals surface area contributed by atoms with Crippen molar-refractivity contribution < 1.29 is 9.47 Å². The first kappa shape index (κ1) is 18.8. The SMILES string of the molecule is BrC1(CC[PH](c2ccccc2)(c2ccccc2)c2ccccc2)OCCO1. The fraction of sp³-hybridized carbons (Fsp3) is 0.217. The van der Waals surface area contributed by atoms with E-state index in [0.29, 0.717) is 13.2 Å². The zero-order chi connectivity index (χ0) is 18.6. The summed E-state index contributed by atoms with van der Waals surface area (Å²) < 4.78 is 11.1. The standard InChI is InChI=1S/C23H24BrO2P/c24-23(25-17-18-26-23)16-19-27(20-10-4-1-5-11-20,21-12-6-2-7-13-21)22-14-8-3-9-15-22/h1-15,27H,16-19H2. The Labute approximate surface area is 170 Å². The zero-order valence-corrected chi connectivity index (χ0v) is 17.8. The molecule has 1 aliphatic heterocycles. The molecule has 4 heteroatoms. The Kier molecular flexibility index (Phi) is 5.75. The maximum absolute atomic E-state index is 5.86. The Morgan fingerprint density at radius 3 is 1.41 bits per heavy atom. The molecule has 0 aromatic heterocycles. The first-order chi connectivity index (χ1) is 13.2.